The Labute approximate surface area is 88.4 Å². The molecule has 1 rings (SSSR count). The highest BCUT2D eigenvalue weighted by atomic mass is 35.5. The Bertz CT molecular complexity index is 312. The van der Waals surface area contributed by atoms with E-state index in [-0.39, 0.29) is 11.3 Å². The van der Waals surface area contributed by atoms with Crippen molar-refractivity contribution in [2.45, 2.75) is 11.2 Å². The van der Waals surface area contributed by atoms with E-state index >= 15 is 0 Å². The highest BCUT2D eigenvalue weighted by Gasteiger charge is 2.32. The fraction of sp³-hybridized carbons (Fsp3) is 0.250. The molecule has 1 aromatic rings. The van der Waals surface area contributed by atoms with Gasteiger partial charge in [-0.05, 0) is 6.07 Å². The number of halogens is 5. The van der Waals surface area contributed by atoms with Gasteiger partial charge in [0.15, 0.2) is 0 Å². The Kier molecular flexibility index (Phi) is 3.50. The van der Waals surface area contributed by atoms with Gasteiger partial charge in [0.05, 0.1) is 0 Å². The second kappa shape index (κ2) is 4.28. The van der Waals surface area contributed by atoms with Crippen molar-refractivity contribution in [3.05, 3.63) is 29.8 Å². The first-order valence-corrected chi connectivity index (χ1v) is 4.40. The molecule has 0 saturated heterocycles. The van der Waals surface area contributed by atoms with Crippen molar-refractivity contribution in [2.75, 3.05) is 0 Å². The first kappa shape index (κ1) is 11.5. The number of para-hydroxylation sites is 1. The predicted molar refractivity (Wildman–Crippen MR) is 47.6 cm³/mol. The molecule has 6 heteroatoms. The molecular weight excluding hydrogens is 240 g/mol. The van der Waals surface area contributed by atoms with Crippen molar-refractivity contribution in [1.82, 2.24) is 0 Å². The van der Waals surface area contributed by atoms with Gasteiger partial charge in [0, 0.05) is 5.56 Å². The smallest absolute Gasteiger partial charge is 0.405 e. The van der Waals surface area contributed by atoms with E-state index in [9.17, 15) is 13.2 Å². The lowest BCUT2D eigenvalue weighted by Gasteiger charge is -2.13. The predicted octanol–water partition coefficient (Wildman–Crippen LogP) is 4.06. The standard InChI is InChI=1S/C8H5Cl2F3O/c9-7(10)5-3-1-2-4-6(5)14-8(11,12)13/h1-4,7H. The molecule has 14 heavy (non-hydrogen) atoms. The Balaban J connectivity index is 2.96. The third-order valence-electron chi connectivity index (χ3n) is 1.38. The van der Waals surface area contributed by atoms with Crippen LogP contribution in [0.3, 0.4) is 0 Å². The van der Waals surface area contributed by atoms with Gasteiger partial charge >= 0.3 is 6.36 Å². The quantitative estimate of drug-likeness (QED) is 0.714. The third kappa shape index (κ3) is 3.27. The van der Waals surface area contributed by atoms with Crippen LogP contribution in [0.1, 0.15) is 10.4 Å². The molecule has 0 spiro atoms. The lowest BCUT2D eigenvalue weighted by molar-refractivity contribution is -0.274. The first-order valence-electron chi connectivity index (χ1n) is 3.53. The van der Waals surface area contributed by atoms with Crippen LogP contribution in [0.4, 0.5) is 13.2 Å². The summed E-state index contributed by atoms with van der Waals surface area (Å²) in [4.78, 5) is -1.05. The van der Waals surface area contributed by atoms with Gasteiger partial charge in [-0.25, -0.2) is 0 Å². The van der Waals surface area contributed by atoms with E-state index in [1.807, 2.05) is 0 Å². The van der Waals surface area contributed by atoms with Gasteiger partial charge in [0.1, 0.15) is 10.6 Å². The van der Waals surface area contributed by atoms with Crippen LogP contribution in [-0.2, 0) is 0 Å². The molecule has 78 valence electrons. The topological polar surface area (TPSA) is 9.23 Å². The maximum absolute atomic E-state index is 11.9. The summed E-state index contributed by atoms with van der Waals surface area (Å²) in [6.07, 6.45) is -4.74. The van der Waals surface area contributed by atoms with E-state index in [0.717, 1.165) is 6.07 Å². The van der Waals surface area contributed by atoms with Gasteiger partial charge in [-0.1, -0.05) is 41.4 Å². The van der Waals surface area contributed by atoms with E-state index in [0.29, 0.717) is 0 Å². The van der Waals surface area contributed by atoms with Crippen LogP contribution in [0.25, 0.3) is 0 Å². The van der Waals surface area contributed by atoms with Crippen LogP contribution in [0.2, 0.25) is 0 Å². The molecule has 0 aromatic heterocycles. The second-order valence-electron chi connectivity index (χ2n) is 2.39. The molecule has 0 unspecified atom stereocenters. The molecule has 0 bridgehead atoms. The maximum atomic E-state index is 11.9. The number of ether oxygens (including phenoxy) is 1. The number of rotatable bonds is 2. The number of alkyl halides is 5. The average Bonchev–Trinajstić information content (AvgIpc) is 2.01. The molecule has 0 heterocycles. The molecule has 0 aliphatic heterocycles. The molecule has 0 radical (unpaired) electrons. The molecule has 0 fully saturated rings. The number of hydrogen-bond acceptors (Lipinski definition) is 1. The third-order valence-corrected chi connectivity index (χ3v) is 1.85. The summed E-state index contributed by atoms with van der Waals surface area (Å²) < 4.78 is 39.4. The summed E-state index contributed by atoms with van der Waals surface area (Å²) in [6.45, 7) is 0. The number of hydrogen-bond donors (Lipinski definition) is 0. The van der Waals surface area contributed by atoms with Gasteiger partial charge in [0.25, 0.3) is 0 Å². The minimum absolute atomic E-state index is 0.0909. The first-order chi connectivity index (χ1) is 6.40. The zero-order valence-electron chi connectivity index (χ0n) is 6.68. The van der Waals surface area contributed by atoms with E-state index < -0.39 is 11.2 Å². The molecule has 0 amide bonds. The van der Waals surface area contributed by atoms with Crippen molar-refractivity contribution < 1.29 is 17.9 Å². The van der Waals surface area contributed by atoms with Crippen LogP contribution in [0.15, 0.2) is 24.3 Å². The zero-order chi connectivity index (χ0) is 10.8. The highest BCUT2D eigenvalue weighted by Crippen LogP contribution is 2.35. The Morgan fingerprint density at radius 1 is 1.14 bits per heavy atom. The summed E-state index contributed by atoms with van der Waals surface area (Å²) in [5, 5.41) is 0. The van der Waals surface area contributed by atoms with Crippen LogP contribution in [0.5, 0.6) is 5.75 Å². The van der Waals surface area contributed by atoms with Crippen molar-refractivity contribution in [3.8, 4) is 5.75 Å². The summed E-state index contributed by atoms with van der Waals surface area (Å²) in [6, 6.07) is 5.45. The monoisotopic (exact) mass is 244 g/mol. The Morgan fingerprint density at radius 2 is 1.71 bits per heavy atom. The number of benzene rings is 1. The van der Waals surface area contributed by atoms with Gasteiger partial charge in [0.2, 0.25) is 0 Å². The van der Waals surface area contributed by atoms with Crippen LogP contribution < -0.4 is 4.74 Å². The van der Waals surface area contributed by atoms with Gasteiger partial charge < -0.3 is 4.74 Å². The summed E-state index contributed by atoms with van der Waals surface area (Å²) in [5.41, 5.74) is 0.0909. The molecule has 0 atom stereocenters. The molecule has 0 aliphatic rings. The Morgan fingerprint density at radius 3 is 2.21 bits per heavy atom. The molecule has 0 N–H and O–H groups in total. The zero-order valence-corrected chi connectivity index (χ0v) is 8.20. The molecule has 1 nitrogen and oxygen atoms in total. The van der Waals surface area contributed by atoms with E-state index in [1.165, 1.54) is 18.2 Å². The van der Waals surface area contributed by atoms with Crippen molar-refractivity contribution >= 4 is 23.2 Å². The molecule has 0 aliphatic carbocycles. The largest absolute Gasteiger partial charge is 0.573 e. The van der Waals surface area contributed by atoms with Crippen LogP contribution in [-0.4, -0.2) is 6.36 Å². The van der Waals surface area contributed by atoms with Gasteiger partial charge in [-0.15, -0.1) is 13.2 Å². The normalized spacial score (nSPS) is 11.9. The summed E-state index contributed by atoms with van der Waals surface area (Å²) in [5.74, 6) is -0.380. The van der Waals surface area contributed by atoms with Crippen molar-refractivity contribution in [2.24, 2.45) is 0 Å². The summed E-state index contributed by atoms with van der Waals surface area (Å²) in [7, 11) is 0. The highest BCUT2D eigenvalue weighted by molar-refractivity contribution is 6.44. The van der Waals surface area contributed by atoms with Crippen LogP contribution >= 0.6 is 23.2 Å². The lowest BCUT2D eigenvalue weighted by atomic mass is 10.2. The molecule has 1 aromatic carbocycles. The summed E-state index contributed by atoms with van der Waals surface area (Å²) >= 11 is 10.9. The van der Waals surface area contributed by atoms with E-state index in [2.05, 4.69) is 4.74 Å². The second-order valence-corrected chi connectivity index (χ2v) is 3.48. The van der Waals surface area contributed by atoms with Crippen molar-refractivity contribution in [3.63, 3.8) is 0 Å². The lowest BCUT2D eigenvalue weighted by Crippen LogP contribution is -2.18. The molecule has 0 saturated carbocycles. The fourth-order valence-electron chi connectivity index (χ4n) is 0.878. The van der Waals surface area contributed by atoms with Crippen LogP contribution in [0, 0.1) is 0 Å². The maximum Gasteiger partial charge on any atom is 0.573 e. The minimum atomic E-state index is -4.74. The molecular formula is C8H5Cl2F3O. The van der Waals surface area contributed by atoms with E-state index in [4.69, 9.17) is 23.2 Å². The average molecular weight is 245 g/mol. The van der Waals surface area contributed by atoms with Gasteiger partial charge in [-0.3, -0.25) is 0 Å². The minimum Gasteiger partial charge on any atom is -0.405 e. The van der Waals surface area contributed by atoms with E-state index in [1.54, 1.807) is 0 Å². The van der Waals surface area contributed by atoms with Crippen molar-refractivity contribution in [1.29, 1.82) is 0 Å². The SMILES string of the molecule is FC(F)(F)Oc1ccccc1C(Cl)Cl. The fourth-order valence-corrected chi connectivity index (χ4v) is 1.24. The van der Waals surface area contributed by atoms with Gasteiger partial charge in [-0.2, -0.15) is 0 Å². The Hall–Kier alpha value is -0.610.